The highest BCUT2D eigenvalue weighted by atomic mass is 19.1. The van der Waals surface area contributed by atoms with E-state index in [-0.39, 0.29) is 11.7 Å². The number of aromatic nitrogens is 2. The molecule has 0 unspecified atom stereocenters. The van der Waals surface area contributed by atoms with Crippen LogP contribution in [0.15, 0.2) is 36.4 Å². The van der Waals surface area contributed by atoms with Crippen LogP contribution in [0.2, 0.25) is 0 Å². The Bertz CT molecular complexity index is 1190. The molecular formula is C22H22FN3O2. The Balaban J connectivity index is 1.50. The lowest BCUT2D eigenvalue weighted by molar-refractivity contribution is 0.0950. The van der Waals surface area contributed by atoms with Gasteiger partial charge >= 0.3 is 0 Å². The van der Waals surface area contributed by atoms with Crippen molar-refractivity contribution in [2.24, 2.45) is 0 Å². The molecule has 1 amide bonds. The average Bonchev–Trinajstić information content (AvgIpc) is 3.26. The number of amides is 1. The SMILES string of the molecule is COc1ccc2[nH]c(C(=O)NCCc3c(C)[nH]c4c(F)ccc(C)c34)cc2c1. The van der Waals surface area contributed by atoms with Crippen molar-refractivity contribution < 1.29 is 13.9 Å². The number of aromatic amines is 2. The standard InChI is InChI=1S/C22H22FN3O2/c1-12-4-6-17(23)21-20(12)16(13(2)25-21)8-9-24-22(27)19-11-14-10-15(28-3)5-7-18(14)26-19/h4-7,10-11,25-26H,8-9H2,1-3H3,(H,24,27). The number of hydrogen-bond donors (Lipinski definition) is 3. The van der Waals surface area contributed by atoms with Crippen LogP contribution in [0.3, 0.4) is 0 Å². The second-order valence-corrected chi connectivity index (χ2v) is 6.98. The molecule has 28 heavy (non-hydrogen) atoms. The first-order valence-corrected chi connectivity index (χ1v) is 9.19. The molecular weight excluding hydrogens is 357 g/mol. The van der Waals surface area contributed by atoms with E-state index in [1.165, 1.54) is 6.07 Å². The van der Waals surface area contributed by atoms with Crippen molar-refractivity contribution in [2.75, 3.05) is 13.7 Å². The van der Waals surface area contributed by atoms with E-state index in [2.05, 4.69) is 15.3 Å². The van der Waals surface area contributed by atoms with E-state index >= 15 is 0 Å². The van der Waals surface area contributed by atoms with Crippen LogP contribution in [-0.4, -0.2) is 29.5 Å². The van der Waals surface area contributed by atoms with E-state index in [1.54, 1.807) is 13.2 Å². The summed E-state index contributed by atoms with van der Waals surface area (Å²) in [5, 5.41) is 4.77. The van der Waals surface area contributed by atoms with E-state index in [1.807, 2.05) is 38.1 Å². The zero-order valence-electron chi connectivity index (χ0n) is 16.1. The summed E-state index contributed by atoms with van der Waals surface area (Å²) >= 11 is 0. The van der Waals surface area contributed by atoms with Gasteiger partial charge in [0, 0.05) is 28.5 Å². The molecule has 0 spiro atoms. The van der Waals surface area contributed by atoms with Gasteiger partial charge in [-0.25, -0.2) is 4.39 Å². The highest BCUT2D eigenvalue weighted by Crippen LogP contribution is 2.28. The van der Waals surface area contributed by atoms with Gasteiger partial charge in [0.2, 0.25) is 0 Å². The minimum Gasteiger partial charge on any atom is -0.497 e. The molecule has 6 heteroatoms. The van der Waals surface area contributed by atoms with Crippen LogP contribution < -0.4 is 10.1 Å². The molecule has 2 aromatic heterocycles. The zero-order chi connectivity index (χ0) is 19.8. The molecule has 0 saturated carbocycles. The average molecular weight is 379 g/mol. The molecule has 144 valence electrons. The van der Waals surface area contributed by atoms with E-state index in [4.69, 9.17) is 4.74 Å². The first kappa shape index (κ1) is 18.1. The maximum absolute atomic E-state index is 14.1. The Kier molecular flexibility index (Phi) is 4.55. The fourth-order valence-electron chi connectivity index (χ4n) is 3.71. The number of H-pyrrole nitrogens is 2. The highest BCUT2D eigenvalue weighted by molar-refractivity contribution is 5.98. The van der Waals surface area contributed by atoms with Crippen LogP contribution in [-0.2, 0) is 6.42 Å². The Morgan fingerprint density at radius 3 is 2.75 bits per heavy atom. The molecule has 2 aromatic carbocycles. The van der Waals surface area contributed by atoms with Gasteiger partial charge in [-0.05, 0) is 61.7 Å². The van der Waals surface area contributed by atoms with Crippen molar-refractivity contribution in [3.05, 3.63) is 64.7 Å². The van der Waals surface area contributed by atoms with Crippen molar-refractivity contribution in [2.45, 2.75) is 20.3 Å². The van der Waals surface area contributed by atoms with Crippen LogP contribution in [0.25, 0.3) is 21.8 Å². The number of carbonyl (C=O) groups excluding carboxylic acids is 1. The summed E-state index contributed by atoms with van der Waals surface area (Å²) in [7, 11) is 1.61. The summed E-state index contributed by atoms with van der Waals surface area (Å²) in [4.78, 5) is 18.8. The van der Waals surface area contributed by atoms with Gasteiger partial charge < -0.3 is 20.0 Å². The number of carbonyl (C=O) groups is 1. The lowest BCUT2D eigenvalue weighted by Gasteiger charge is -2.06. The van der Waals surface area contributed by atoms with E-state index < -0.39 is 0 Å². The zero-order valence-corrected chi connectivity index (χ0v) is 16.1. The number of ether oxygens (including phenoxy) is 1. The van der Waals surface area contributed by atoms with Gasteiger partial charge in [-0.1, -0.05) is 6.07 Å². The van der Waals surface area contributed by atoms with Crippen LogP contribution in [0, 0.1) is 19.7 Å². The summed E-state index contributed by atoms with van der Waals surface area (Å²) in [6, 6.07) is 10.7. The smallest absolute Gasteiger partial charge is 0.267 e. The van der Waals surface area contributed by atoms with Gasteiger partial charge in [-0.2, -0.15) is 0 Å². The molecule has 0 aliphatic rings. The van der Waals surface area contributed by atoms with Crippen LogP contribution >= 0.6 is 0 Å². The predicted octanol–water partition coefficient (Wildman–Crippen LogP) is 4.39. The van der Waals surface area contributed by atoms with Gasteiger partial charge in [-0.15, -0.1) is 0 Å². The fraction of sp³-hybridized carbons (Fsp3) is 0.227. The van der Waals surface area contributed by atoms with Gasteiger partial charge in [-0.3, -0.25) is 4.79 Å². The maximum Gasteiger partial charge on any atom is 0.267 e. The van der Waals surface area contributed by atoms with Gasteiger partial charge in [0.15, 0.2) is 0 Å². The molecule has 0 radical (unpaired) electrons. The first-order chi connectivity index (χ1) is 13.5. The quantitative estimate of drug-likeness (QED) is 0.481. The van der Waals surface area contributed by atoms with E-state index in [0.717, 1.165) is 38.9 Å². The summed E-state index contributed by atoms with van der Waals surface area (Å²) in [6.07, 6.45) is 0.621. The Labute approximate surface area is 161 Å². The summed E-state index contributed by atoms with van der Waals surface area (Å²) in [6.45, 7) is 4.36. The van der Waals surface area contributed by atoms with E-state index in [0.29, 0.717) is 24.2 Å². The van der Waals surface area contributed by atoms with E-state index in [9.17, 15) is 9.18 Å². The molecule has 5 nitrogen and oxygen atoms in total. The van der Waals surface area contributed by atoms with Crippen molar-refractivity contribution >= 4 is 27.7 Å². The number of methoxy groups -OCH3 is 1. The van der Waals surface area contributed by atoms with Crippen LogP contribution in [0.5, 0.6) is 5.75 Å². The lowest BCUT2D eigenvalue weighted by atomic mass is 10.0. The number of benzene rings is 2. The third-order valence-electron chi connectivity index (χ3n) is 5.16. The Hall–Kier alpha value is -3.28. The molecule has 0 bridgehead atoms. The topological polar surface area (TPSA) is 69.9 Å². The van der Waals surface area contributed by atoms with Gasteiger partial charge in [0.05, 0.1) is 12.6 Å². The predicted molar refractivity (Wildman–Crippen MR) is 109 cm³/mol. The minimum atomic E-state index is -0.257. The van der Waals surface area contributed by atoms with Crippen molar-refractivity contribution in [1.29, 1.82) is 0 Å². The number of hydrogen-bond acceptors (Lipinski definition) is 2. The summed E-state index contributed by atoms with van der Waals surface area (Å²) in [5.74, 6) is 0.318. The first-order valence-electron chi connectivity index (χ1n) is 9.19. The number of rotatable bonds is 5. The van der Waals surface area contributed by atoms with Crippen molar-refractivity contribution in [3.63, 3.8) is 0 Å². The Morgan fingerprint density at radius 1 is 1.14 bits per heavy atom. The molecule has 0 aliphatic heterocycles. The monoisotopic (exact) mass is 379 g/mol. The van der Waals surface area contributed by atoms with Crippen LogP contribution in [0.1, 0.15) is 27.3 Å². The summed E-state index contributed by atoms with van der Waals surface area (Å²) in [5.41, 5.74) is 4.89. The highest BCUT2D eigenvalue weighted by Gasteiger charge is 2.15. The number of aryl methyl sites for hydroxylation is 2. The molecule has 4 rings (SSSR count). The second kappa shape index (κ2) is 7.03. The molecule has 2 heterocycles. The number of nitrogens with one attached hydrogen (secondary N) is 3. The van der Waals surface area contributed by atoms with Crippen molar-refractivity contribution in [3.8, 4) is 5.75 Å². The second-order valence-electron chi connectivity index (χ2n) is 6.98. The molecule has 0 atom stereocenters. The summed E-state index contributed by atoms with van der Waals surface area (Å²) < 4.78 is 19.3. The van der Waals surface area contributed by atoms with Crippen molar-refractivity contribution in [1.82, 2.24) is 15.3 Å². The molecule has 3 N–H and O–H groups in total. The number of fused-ring (bicyclic) bond motifs is 2. The maximum atomic E-state index is 14.1. The Morgan fingerprint density at radius 2 is 1.96 bits per heavy atom. The molecule has 0 fully saturated rings. The molecule has 0 saturated heterocycles. The minimum absolute atomic E-state index is 0.171. The largest absolute Gasteiger partial charge is 0.497 e. The number of halogens is 1. The van der Waals surface area contributed by atoms with Gasteiger partial charge in [0.25, 0.3) is 5.91 Å². The molecule has 4 aromatic rings. The third kappa shape index (κ3) is 3.11. The van der Waals surface area contributed by atoms with Crippen LogP contribution in [0.4, 0.5) is 4.39 Å². The molecule has 0 aliphatic carbocycles. The normalized spacial score (nSPS) is 11.3. The fourth-order valence-corrected chi connectivity index (χ4v) is 3.71. The lowest BCUT2D eigenvalue weighted by Crippen LogP contribution is -2.26. The third-order valence-corrected chi connectivity index (χ3v) is 5.16. The van der Waals surface area contributed by atoms with Gasteiger partial charge in [0.1, 0.15) is 17.3 Å².